The smallest absolute Gasteiger partial charge is 0.319 e. The van der Waals surface area contributed by atoms with E-state index < -0.39 is 39.8 Å². The SMILES string of the molecule is CN(c1ccc(C(=O)CN2C(=O)N[C@@](C)(c3cccc4ccccc34)C2=O)cc1)S(C)(=O)=O. The second-order valence-corrected chi connectivity index (χ2v) is 10.2. The van der Waals surface area contributed by atoms with E-state index >= 15 is 0 Å². The van der Waals surface area contributed by atoms with Crippen molar-refractivity contribution in [1.29, 1.82) is 0 Å². The van der Waals surface area contributed by atoms with E-state index in [0.717, 1.165) is 26.2 Å². The number of nitrogens with zero attached hydrogens (tertiary/aromatic N) is 2. The van der Waals surface area contributed by atoms with Crippen molar-refractivity contribution in [1.82, 2.24) is 10.2 Å². The number of rotatable bonds is 6. The lowest BCUT2D eigenvalue weighted by atomic mass is 9.88. The fourth-order valence-corrected chi connectivity index (χ4v) is 4.47. The summed E-state index contributed by atoms with van der Waals surface area (Å²) in [6.07, 6.45) is 1.08. The molecule has 0 aromatic heterocycles. The summed E-state index contributed by atoms with van der Waals surface area (Å²) in [6.45, 7) is 1.21. The third-order valence-corrected chi connectivity index (χ3v) is 7.16. The van der Waals surface area contributed by atoms with Crippen LogP contribution in [0.25, 0.3) is 10.8 Å². The van der Waals surface area contributed by atoms with Crippen molar-refractivity contribution in [3.63, 3.8) is 0 Å². The highest BCUT2D eigenvalue weighted by Crippen LogP contribution is 2.34. The van der Waals surface area contributed by atoms with Crippen LogP contribution in [-0.4, -0.2) is 50.9 Å². The van der Waals surface area contributed by atoms with Gasteiger partial charge in [0.05, 0.1) is 18.5 Å². The highest BCUT2D eigenvalue weighted by Gasteiger charge is 2.50. The molecule has 1 aliphatic heterocycles. The van der Waals surface area contributed by atoms with Crippen LogP contribution < -0.4 is 9.62 Å². The molecule has 4 rings (SSSR count). The Hall–Kier alpha value is -3.72. The van der Waals surface area contributed by atoms with Gasteiger partial charge < -0.3 is 5.32 Å². The van der Waals surface area contributed by atoms with Gasteiger partial charge in [0, 0.05) is 12.6 Å². The summed E-state index contributed by atoms with van der Waals surface area (Å²) in [4.78, 5) is 39.8. The molecule has 0 bridgehead atoms. The van der Waals surface area contributed by atoms with Gasteiger partial charge in [0.25, 0.3) is 5.91 Å². The predicted molar refractivity (Wildman–Crippen MR) is 126 cm³/mol. The van der Waals surface area contributed by atoms with Crippen LogP contribution in [0.5, 0.6) is 0 Å². The maximum absolute atomic E-state index is 13.3. The minimum Gasteiger partial charge on any atom is -0.319 e. The van der Waals surface area contributed by atoms with E-state index in [4.69, 9.17) is 0 Å². The van der Waals surface area contributed by atoms with Gasteiger partial charge in [-0.1, -0.05) is 42.5 Å². The van der Waals surface area contributed by atoms with Crippen LogP contribution in [0, 0.1) is 0 Å². The van der Waals surface area contributed by atoms with Crippen molar-refractivity contribution in [2.24, 2.45) is 0 Å². The van der Waals surface area contributed by atoms with Crippen molar-refractivity contribution < 1.29 is 22.8 Å². The zero-order valence-electron chi connectivity index (χ0n) is 18.4. The molecule has 1 saturated heterocycles. The molecule has 0 aliphatic carbocycles. The van der Waals surface area contributed by atoms with E-state index in [1.54, 1.807) is 13.0 Å². The molecule has 3 amide bonds. The van der Waals surface area contributed by atoms with Gasteiger partial charge in [-0.25, -0.2) is 13.2 Å². The maximum atomic E-state index is 13.3. The summed E-state index contributed by atoms with van der Waals surface area (Å²) in [5.74, 6) is -0.945. The summed E-state index contributed by atoms with van der Waals surface area (Å²) >= 11 is 0. The number of ketones is 1. The lowest BCUT2D eigenvalue weighted by Crippen LogP contribution is -2.41. The zero-order chi connectivity index (χ0) is 24.0. The van der Waals surface area contributed by atoms with Gasteiger partial charge in [0.15, 0.2) is 5.78 Å². The number of imide groups is 1. The number of nitrogens with one attached hydrogen (secondary N) is 1. The van der Waals surface area contributed by atoms with Crippen molar-refractivity contribution in [3.05, 3.63) is 77.9 Å². The fourth-order valence-electron chi connectivity index (χ4n) is 3.97. The summed E-state index contributed by atoms with van der Waals surface area (Å²) in [6, 6.07) is 18.4. The van der Waals surface area contributed by atoms with E-state index in [1.807, 2.05) is 36.4 Å². The molecule has 33 heavy (non-hydrogen) atoms. The van der Waals surface area contributed by atoms with Gasteiger partial charge in [-0.05, 0) is 47.5 Å². The lowest BCUT2D eigenvalue weighted by Gasteiger charge is -2.24. The van der Waals surface area contributed by atoms with Crippen LogP contribution in [0.2, 0.25) is 0 Å². The van der Waals surface area contributed by atoms with Crippen LogP contribution in [0.1, 0.15) is 22.8 Å². The number of urea groups is 1. The summed E-state index contributed by atoms with van der Waals surface area (Å²) in [5.41, 5.74) is 0.00922. The number of carbonyl (C=O) groups excluding carboxylic acids is 3. The number of hydrogen-bond donors (Lipinski definition) is 1. The van der Waals surface area contributed by atoms with Crippen LogP contribution >= 0.6 is 0 Å². The molecule has 9 heteroatoms. The largest absolute Gasteiger partial charge is 0.325 e. The molecule has 1 atom stereocenters. The number of amides is 3. The van der Waals surface area contributed by atoms with E-state index in [-0.39, 0.29) is 5.56 Å². The molecule has 0 spiro atoms. The first kappa shape index (κ1) is 22.5. The summed E-state index contributed by atoms with van der Waals surface area (Å²) in [7, 11) is -2.02. The third kappa shape index (κ3) is 3.95. The molecule has 170 valence electrons. The first-order valence-corrected chi connectivity index (χ1v) is 12.1. The number of anilines is 1. The molecule has 0 saturated carbocycles. The standard InChI is InChI=1S/C24H23N3O5S/c1-24(20-10-6-8-16-7-4-5-9-19(16)20)22(29)27(23(30)25-24)15-21(28)17-11-13-18(14-12-17)26(2)33(3,31)32/h4-14H,15H2,1-3H3,(H,25,30)/t24-/m0/s1. The molecule has 0 unspecified atom stereocenters. The van der Waals surface area contributed by atoms with Gasteiger partial charge in [-0.15, -0.1) is 0 Å². The maximum Gasteiger partial charge on any atom is 0.325 e. The summed E-state index contributed by atoms with van der Waals surface area (Å²) in [5, 5.41) is 4.53. The van der Waals surface area contributed by atoms with Crippen molar-refractivity contribution in [3.8, 4) is 0 Å². The molecule has 3 aromatic carbocycles. The lowest BCUT2D eigenvalue weighted by molar-refractivity contribution is -0.130. The van der Waals surface area contributed by atoms with Crippen molar-refractivity contribution in [2.45, 2.75) is 12.5 Å². The van der Waals surface area contributed by atoms with Gasteiger partial charge in [0.1, 0.15) is 5.54 Å². The molecular formula is C24H23N3O5S. The number of benzene rings is 3. The van der Waals surface area contributed by atoms with Gasteiger partial charge in [0.2, 0.25) is 10.0 Å². The number of carbonyl (C=O) groups is 3. The average Bonchev–Trinajstić information content (AvgIpc) is 3.01. The normalized spacial score (nSPS) is 18.5. The first-order valence-electron chi connectivity index (χ1n) is 10.2. The Labute approximate surface area is 191 Å². The molecule has 1 N–H and O–H groups in total. The molecule has 1 heterocycles. The van der Waals surface area contributed by atoms with Gasteiger partial charge in [-0.3, -0.25) is 18.8 Å². The van der Waals surface area contributed by atoms with E-state index in [2.05, 4.69) is 5.32 Å². The number of Topliss-reactive ketones (excluding diaryl/α,β-unsaturated/α-hetero) is 1. The van der Waals surface area contributed by atoms with E-state index in [9.17, 15) is 22.8 Å². The minimum absolute atomic E-state index is 0.264. The second-order valence-electron chi connectivity index (χ2n) is 8.17. The molecular weight excluding hydrogens is 442 g/mol. The third-order valence-electron chi connectivity index (χ3n) is 5.96. The number of hydrogen-bond acceptors (Lipinski definition) is 5. The monoisotopic (exact) mass is 465 g/mol. The fraction of sp³-hybridized carbons (Fsp3) is 0.208. The summed E-state index contributed by atoms with van der Waals surface area (Å²) < 4.78 is 24.5. The Morgan fingerprint density at radius 3 is 2.30 bits per heavy atom. The molecule has 8 nitrogen and oxygen atoms in total. The highest BCUT2D eigenvalue weighted by molar-refractivity contribution is 7.92. The number of sulfonamides is 1. The van der Waals surface area contributed by atoms with E-state index in [0.29, 0.717) is 11.3 Å². The molecule has 1 aliphatic rings. The van der Waals surface area contributed by atoms with Crippen LogP contribution in [0.4, 0.5) is 10.5 Å². The molecule has 1 fully saturated rings. The Bertz CT molecular complexity index is 1380. The number of fused-ring (bicyclic) bond motifs is 1. The Morgan fingerprint density at radius 1 is 1.00 bits per heavy atom. The van der Waals surface area contributed by atoms with Gasteiger partial charge >= 0.3 is 6.03 Å². The Morgan fingerprint density at radius 2 is 1.64 bits per heavy atom. The van der Waals surface area contributed by atoms with Crippen LogP contribution in [-0.2, 0) is 20.4 Å². The average molecular weight is 466 g/mol. The van der Waals surface area contributed by atoms with Crippen molar-refractivity contribution in [2.75, 3.05) is 24.2 Å². The Kier molecular flexibility index (Phi) is 5.45. The Balaban J connectivity index is 1.58. The second kappa shape index (κ2) is 8.00. The topological polar surface area (TPSA) is 104 Å². The predicted octanol–water partition coefficient (Wildman–Crippen LogP) is 2.89. The van der Waals surface area contributed by atoms with E-state index in [1.165, 1.54) is 31.3 Å². The molecule has 3 aromatic rings. The van der Waals surface area contributed by atoms with Gasteiger partial charge in [-0.2, -0.15) is 0 Å². The minimum atomic E-state index is -3.43. The first-order chi connectivity index (χ1) is 15.5. The highest BCUT2D eigenvalue weighted by atomic mass is 32.2. The zero-order valence-corrected chi connectivity index (χ0v) is 19.2. The quantitative estimate of drug-likeness (QED) is 0.445. The molecule has 0 radical (unpaired) electrons. The van der Waals surface area contributed by atoms with Crippen LogP contribution in [0.3, 0.4) is 0 Å². The van der Waals surface area contributed by atoms with Crippen LogP contribution in [0.15, 0.2) is 66.7 Å². The van der Waals surface area contributed by atoms with Crippen molar-refractivity contribution >= 4 is 44.2 Å².